The van der Waals surface area contributed by atoms with Gasteiger partial charge in [-0.05, 0) is 30.5 Å². The van der Waals surface area contributed by atoms with Gasteiger partial charge < -0.3 is 15.8 Å². The highest BCUT2D eigenvalue weighted by molar-refractivity contribution is 5.95. The molecule has 0 bridgehead atoms. The number of rotatable bonds is 5. The van der Waals surface area contributed by atoms with Crippen LogP contribution in [0.1, 0.15) is 20.3 Å². The van der Waals surface area contributed by atoms with Gasteiger partial charge in [0.1, 0.15) is 0 Å². The fourth-order valence-corrected chi connectivity index (χ4v) is 1.69. The number of nitrogens with one attached hydrogen (secondary N) is 2. The maximum absolute atomic E-state index is 11.9. The van der Waals surface area contributed by atoms with Gasteiger partial charge in [-0.1, -0.05) is 19.9 Å². The van der Waals surface area contributed by atoms with E-state index in [0.717, 1.165) is 0 Å². The fourth-order valence-electron chi connectivity index (χ4n) is 1.69. The second-order valence-corrected chi connectivity index (χ2v) is 4.92. The van der Waals surface area contributed by atoms with Crippen molar-refractivity contribution in [3.63, 3.8) is 0 Å². The van der Waals surface area contributed by atoms with Gasteiger partial charge in [0.05, 0.1) is 13.2 Å². The van der Waals surface area contributed by atoms with Crippen molar-refractivity contribution in [3.8, 4) is 0 Å². The molecular formula is C14H21N3O3. The standard InChI is InChI=1S/C14H21N3O3/c1-9(2)7-12(15)13(18)16-10-5-4-6-11(8-10)17-14(19)20-3/h4-6,8-9,12H,7,15H2,1-3H3,(H,16,18)(H,17,19)/t12-/m1/s1. The molecule has 0 saturated heterocycles. The van der Waals surface area contributed by atoms with Crippen molar-refractivity contribution in [2.75, 3.05) is 17.7 Å². The van der Waals surface area contributed by atoms with Gasteiger partial charge >= 0.3 is 6.09 Å². The number of carbonyl (C=O) groups is 2. The maximum Gasteiger partial charge on any atom is 0.411 e. The number of nitrogens with two attached hydrogens (primary N) is 1. The Morgan fingerprint density at radius 2 is 1.85 bits per heavy atom. The maximum atomic E-state index is 11.9. The molecule has 2 amide bonds. The topological polar surface area (TPSA) is 93.5 Å². The minimum Gasteiger partial charge on any atom is -0.453 e. The number of carbonyl (C=O) groups excluding carboxylic acids is 2. The molecular weight excluding hydrogens is 258 g/mol. The van der Waals surface area contributed by atoms with Gasteiger partial charge in [-0.2, -0.15) is 0 Å². The van der Waals surface area contributed by atoms with Gasteiger partial charge in [-0.25, -0.2) is 4.79 Å². The van der Waals surface area contributed by atoms with Gasteiger partial charge in [0.25, 0.3) is 0 Å². The monoisotopic (exact) mass is 279 g/mol. The second kappa shape index (κ2) is 7.49. The van der Waals surface area contributed by atoms with Crippen LogP contribution in [-0.2, 0) is 9.53 Å². The lowest BCUT2D eigenvalue weighted by Gasteiger charge is -2.14. The third kappa shape index (κ3) is 5.27. The molecule has 0 radical (unpaired) electrons. The van der Waals surface area contributed by atoms with Crippen molar-refractivity contribution < 1.29 is 14.3 Å². The molecule has 6 nitrogen and oxygen atoms in total. The Labute approximate surface area is 118 Å². The van der Waals surface area contributed by atoms with E-state index in [2.05, 4.69) is 15.4 Å². The van der Waals surface area contributed by atoms with Crippen molar-refractivity contribution in [1.82, 2.24) is 0 Å². The molecule has 0 unspecified atom stereocenters. The van der Waals surface area contributed by atoms with Crippen LogP contribution in [0, 0.1) is 5.92 Å². The Hall–Kier alpha value is -2.08. The van der Waals surface area contributed by atoms with Crippen molar-refractivity contribution in [2.45, 2.75) is 26.3 Å². The van der Waals surface area contributed by atoms with Crippen LogP contribution in [0.15, 0.2) is 24.3 Å². The molecule has 110 valence electrons. The highest BCUT2D eigenvalue weighted by Crippen LogP contribution is 2.16. The molecule has 0 aliphatic rings. The number of benzene rings is 1. The number of hydrogen-bond acceptors (Lipinski definition) is 4. The van der Waals surface area contributed by atoms with Gasteiger partial charge in [-0.3, -0.25) is 10.1 Å². The lowest BCUT2D eigenvalue weighted by Crippen LogP contribution is -2.36. The van der Waals surface area contributed by atoms with Crippen molar-refractivity contribution >= 4 is 23.4 Å². The molecule has 0 aromatic heterocycles. The van der Waals surface area contributed by atoms with Crippen molar-refractivity contribution in [2.24, 2.45) is 11.7 Å². The Morgan fingerprint density at radius 1 is 1.25 bits per heavy atom. The average molecular weight is 279 g/mol. The summed E-state index contributed by atoms with van der Waals surface area (Å²) in [5, 5.41) is 5.25. The molecule has 20 heavy (non-hydrogen) atoms. The van der Waals surface area contributed by atoms with Crippen LogP contribution in [0.2, 0.25) is 0 Å². The highest BCUT2D eigenvalue weighted by Gasteiger charge is 2.15. The molecule has 6 heteroatoms. The Kier molecular flexibility index (Phi) is 5.99. The van der Waals surface area contributed by atoms with Crippen LogP contribution in [0.25, 0.3) is 0 Å². The molecule has 4 N–H and O–H groups in total. The van der Waals surface area contributed by atoms with Crippen LogP contribution in [-0.4, -0.2) is 25.2 Å². The lowest BCUT2D eigenvalue weighted by atomic mass is 10.0. The van der Waals surface area contributed by atoms with Gasteiger partial charge in [0.15, 0.2) is 0 Å². The van der Waals surface area contributed by atoms with E-state index in [0.29, 0.717) is 23.7 Å². The summed E-state index contributed by atoms with van der Waals surface area (Å²) in [6.07, 6.45) is 0.0522. The lowest BCUT2D eigenvalue weighted by molar-refractivity contribution is -0.117. The molecule has 1 rings (SSSR count). The third-order valence-electron chi connectivity index (χ3n) is 2.62. The summed E-state index contributed by atoms with van der Waals surface area (Å²) in [5.41, 5.74) is 6.91. The summed E-state index contributed by atoms with van der Waals surface area (Å²) in [7, 11) is 1.28. The van der Waals surface area contributed by atoms with E-state index in [1.54, 1.807) is 24.3 Å². The molecule has 1 atom stereocenters. The number of amides is 2. The quantitative estimate of drug-likeness (QED) is 0.770. The van der Waals surface area contributed by atoms with Gasteiger partial charge in [0.2, 0.25) is 5.91 Å². The first-order valence-electron chi connectivity index (χ1n) is 6.44. The summed E-state index contributed by atoms with van der Waals surface area (Å²) in [4.78, 5) is 23.0. The summed E-state index contributed by atoms with van der Waals surface area (Å²) in [6.45, 7) is 4.02. The average Bonchev–Trinajstić information content (AvgIpc) is 2.38. The van der Waals surface area contributed by atoms with Crippen LogP contribution in [0.3, 0.4) is 0 Å². The van der Waals surface area contributed by atoms with Crippen LogP contribution >= 0.6 is 0 Å². The largest absolute Gasteiger partial charge is 0.453 e. The normalized spacial score (nSPS) is 11.8. The summed E-state index contributed by atoms with van der Waals surface area (Å²) in [5.74, 6) is 0.108. The van der Waals surface area contributed by atoms with Crippen molar-refractivity contribution in [1.29, 1.82) is 0 Å². The first-order chi connectivity index (χ1) is 9.42. The first-order valence-corrected chi connectivity index (χ1v) is 6.44. The van der Waals surface area contributed by atoms with Crippen LogP contribution in [0.4, 0.5) is 16.2 Å². The smallest absolute Gasteiger partial charge is 0.411 e. The highest BCUT2D eigenvalue weighted by atomic mass is 16.5. The van der Waals surface area contributed by atoms with Crippen LogP contribution < -0.4 is 16.4 Å². The Morgan fingerprint density at radius 3 is 2.40 bits per heavy atom. The Balaban J connectivity index is 2.66. The van der Waals surface area contributed by atoms with E-state index in [4.69, 9.17) is 5.73 Å². The van der Waals surface area contributed by atoms with Gasteiger partial charge in [-0.15, -0.1) is 0 Å². The molecule has 0 saturated carbocycles. The summed E-state index contributed by atoms with van der Waals surface area (Å²) in [6, 6.07) is 6.22. The van der Waals surface area contributed by atoms with E-state index in [1.165, 1.54) is 7.11 Å². The zero-order chi connectivity index (χ0) is 15.1. The fraction of sp³-hybridized carbons (Fsp3) is 0.429. The van der Waals surface area contributed by atoms with E-state index < -0.39 is 12.1 Å². The molecule has 0 aliphatic heterocycles. The second-order valence-electron chi connectivity index (χ2n) is 4.92. The van der Waals surface area contributed by atoms with Gasteiger partial charge in [0, 0.05) is 11.4 Å². The number of anilines is 2. The molecule has 0 aliphatic carbocycles. The van der Waals surface area contributed by atoms with E-state index in [1.807, 2.05) is 13.8 Å². The molecule has 0 spiro atoms. The third-order valence-corrected chi connectivity index (χ3v) is 2.62. The predicted octanol–water partition coefficient (Wildman–Crippen LogP) is 2.18. The van der Waals surface area contributed by atoms with E-state index in [9.17, 15) is 9.59 Å². The number of ether oxygens (including phenoxy) is 1. The zero-order valence-electron chi connectivity index (χ0n) is 12.0. The first kappa shape index (κ1) is 16.0. The molecule has 1 aromatic carbocycles. The number of methoxy groups -OCH3 is 1. The van der Waals surface area contributed by atoms with Crippen molar-refractivity contribution in [3.05, 3.63) is 24.3 Å². The summed E-state index contributed by atoms with van der Waals surface area (Å²) >= 11 is 0. The molecule has 0 fully saturated rings. The zero-order valence-corrected chi connectivity index (χ0v) is 12.0. The summed E-state index contributed by atoms with van der Waals surface area (Å²) < 4.78 is 4.50. The molecule has 0 heterocycles. The number of hydrogen-bond donors (Lipinski definition) is 3. The minimum absolute atomic E-state index is 0.242. The Bertz CT molecular complexity index is 474. The van der Waals surface area contributed by atoms with Crippen LogP contribution in [0.5, 0.6) is 0 Å². The minimum atomic E-state index is -0.565. The SMILES string of the molecule is COC(=O)Nc1cccc(NC(=O)[C@H](N)CC(C)C)c1. The van der Waals surface area contributed by atoms with E-state index in [-0.39, 0.29) is 5.91 Å². The molecule has 1 aromatic rings. The van der Waals surface area contributed by atoms with E-state index >= 15 is 0 Å². The predicted molar refractivity (Wildman–Crippen MR) is 78.5 cm³/mol.